The van der Waals surface area contributed by atoms with E-state index in [1.165, 1.54) is 5.56 Å². The lowest BCUT2D eigenvalue weighted by Crippen LogP contribution is -2.48. The standard InChI is InChI=1S/C10H15NOS/c1-10(2)9(11-4-5-12-10)8-3-6-13-7-8/h3,6-7,9,11H,4-5H2,1-2H3. The summed E-state index contributed by atoms with van der Waals surface area (Å²) in [4.78, 5) is 0. The van der Waals surface area contributed by atoms with Gasteiger partial charge in [-0.25, -0.2) is 0 Å². The average molecular weight is 197 g/mol. The molecule has 0 saturated carbocycles. The zero-order valence-electron chi connectivity index (χ0n) is 8.04. The van der Waals surface area contributed by atoms with Gasteiger partial charge in [-0.15, -0.1) is 0 Å². The van der Waals surface area contributed by atoms with E-state index in [-0.39, 0.29) is 5.60 Å². The molecule has 0 spiro atoms. The minimum absolute atomic E-state index is 0.0840. The lowest BCUT2D eigenvalue weighted by Gasteiger charge is -2.39. The number of hydrogen-bond donors (Lipinski definition) is 1. The number of thiophene rings is 1. The van der Waals surface area contributed by atoms with Gasteiger partial charge in [0.1, 0.15) is 0 Å². The Morgan fingerprint density at radius 2 is 2.46 bits per heavy atom. The van der Waals surface area contributed by atoms with Crippen molar-refractivity contribution in [2.24, 2.45) is 0 Å². The highest BCUT2D eigenvalue weighted by Crippen LogP contribution is 2.31. The molecule has 2 nitrogen and oxygen atoms in total. The fourth-order valence-corrected chi connectivity index (χ4v) is 2.49. The van der Waals surface area contributed by atoms with E-state index in [1.54, 1.807) is 11.3 Å². The molecule has 1 atom stereocenters. The van der Waals surface area contributed by atoms with Crippen LogP contribution in [0.25, 0.3) is 0 Å². The zero-order valence-corrected chi connectivity index (χ0v) is 8.86. The van der Waals surface area contributed by atoms with Gasteiger partial charge in [-0.2, -0.15) is 11.3 Å². The van der Waals surface area contributed by atoms with Crippen LogP contribution in [0.4, 0.5) is 0 Å². The minimum Gasteiger partial charge on any atom is -0.372 e. The second-order valence-electron chi connectivity index (χ2n) is 3.90. The van der Waals surface area contributed by atoms with Crippen LogP contribution in [-0.2, 0) is 4.74 Å². The molecule has 1 aliphatic rings. The summed E-state index contributed by atoms with van der Waals surface area (Å²) < 4.78 is 5.74. The van der Waals surface area contributed by atoms with Crippen LogP contribution in [0.1, 0.15) is 25.5 Å². The van der Waals surface area contributed by atoms with Gasteiger partial charge in [0.2, 0.25) is 0 Å². The molecule has 0 radical (unpaired) electrons. The molecule has 1 unspecified atom stereocenters. The summed E-state index contributed by atoms with van der Waals surface area (Å²) in [6.45, 7) is 6.04. The van der Waals surface area contributed by atoms with Crippen LogP contribution < -0.4 is 5.32 Å². The summed E-state index contributed by atoms with van der Waals surface area (Å²) in [7, 11) is 0. The molecule has 2 heterocycles. The molecule has 1 saturated heterocycles. The van der Waals surface area contributed by atoms with Gasteiger partial charge in [-0.05, 0) is 36.2 Å². The fraction of sp³-hybridized carbons (Fsp3) is 0.600. The Bertz CT molecular complexity index is 268. The molecule has 3 heteroatoms. The Morgan fingerprint density at radius 3 is 3.08 bits per heavy atom. The van der Waals surface area contributed by atoms with Crippen molar-refractivity contribution in [3.05, 3.63) is 22.4 Å². The summed E-state index contributed by atoms with van der Waals surface area (Å²) in [5.74, 6) is 0. The highest BCUT2D eigenvalue weighted by atomic mass is 32.1. The van der Waals surface area contributed by atoms with Crippen molar-refractivity contribution in [2.45, 2.75) is 25.5 Å². The monoisotopic (exact) mass is 197 g/mol. The molecule has 1 aromatic rings. The van der Waals surface area contributed by atoms with E-state index in [0.717, 1.165) is 13.2 Å². The lowest BCUT2D eigenvalue weighted by atomic mass is 9.92. The maximum Gasteiger partial charge on any atom is 0.0821 e. The predicted molar refractivity (Wildman–Crippen MR) is 55.1 cm³/mol. The Kier molecular flexibility index (Phi) is 2.41. The van der Waals surface area contributed by atoms with Crippen molar-refractivity contribution in [1.82, 2.24) is 5.32 Å². The molecule has 0 bridgehead atoms. The van der Waals surface area contributed by atoms with E-state index in [1.807, 2.05) is 0 Å². The minimum atomic E-state index is -0.0840. The lowest BCUT2D eigenvalue weighted by molar-refractivity contribution is -0.0721. The first-order valence-electron chi connectivity index (χ1n) is 4.59. The summed E-state index contributed by atoms with van der Waals surface area (Å²) in [6.07, 6.45) is 0. The van der Waals surface area contributed by atoms with Crippen LogP contribution in [0.15, 0.2) is 16.8 Å². The molecule has 1 fully saturated rings. The molecule has 13 heavy (non-hydrogen) atoms. The normalized spacial score (nSPS) is 27.4. The molecule has 0 aromatic carbocycles. The van der Waals surface area contributed by atoms with Crippen LogP contribution in [-0.4, -0.2) is 18.8 Å². The summed E-state index contributed by atoms with van der Waals surface area (Å²) in [5, 5.41) is 7.79. The highest BCUT2D eigenvalue weighted by molar-refractivity contribution is 7.07. The molecule has 1 aromatic heterocycles. The van der Waals surface area contributed by atoms with Gasteiger partial charge in [0.25, 0.3) is 0 Å². The third-order valence-electron chi connectivity index (χ3n) is 2.50. The second-order valence-corrected chi connectivity index (χ2v) is 4.68. The van der Waals surface area contributed by atoms with Gasteiger partial charge in [0.05, 0.1) is 18.2 Å². The third kappa shape index (κ3) is 1.77. The molecular formula is C10H15NOS. The van der Waals surface area contributed by atoms with Crippen molar-refractivity contribution in [2.75, 3.05) is 13.2 Å². The summed E-state index contributed by atoms with van der Waals surface area (Å²) in [5.41, 5.74) is 1.26. The Hall–Kier alpha value is -0.380. The van der Waals surface area contributed by atoms with E-state index < -0.39 is 0 Å². The molecule has 0 amide bonds. The SMILES string of the molecule is CC1(C)OCCNC1c1ccsc1. The van der Waals surface area contributed by atoms with Crippen LogP contribution in [0.3, 0.4) is 0 Å². The van der Waals surface area contributed by atoms with E-state index in [4.69, 9.17) is 4.74 Å². The van der Waals surface area contributed by atoms with Gasteiger partial charge in [-0.1, -0.05) is 0 Å². The van der Waals surface area contributed by atoms with Gasteiger partial charge >= 0.3 is 0 Å². The third-order valence-corrected chi connectivity index (χ3v) is 3.20. The number of ether oxygens (including phenoxy) is 1. The highest BCUT2D eigenvalue weighted by Gasteiger charge is 2.34. The van der Waals surface area contributed by atoms with Crippen LogP contribution in [0, 0.1) is 0 Å². The maximum absolute atomic E-state index is 5.74. The van der Waals surface area contributed by atoms with Crippen LogP contribution in [0.5, 0.6) is 0 Å². The molecule has 1 N–H and O–H groups in total. The smallest absolute Gasteiger partial charge is 0.0821 e. The first-order chi connectivity index (χ1) is 6.20. The van der Waals surface area contributed by atoms with Crippen molar-refractivity contribution in [3.8, 4) is 0 Å². The zero-order chi connectivity index (χ0) is 9.31. The Balaban J connectivity index is 2.21. The van der Waals surface area contributed by atoms with Gasteiger partial charge in [-0.3, -0.25) is 0 Å². The van der Waals surface area contributed by atoms with Crippen molar-refractivity contribution in [3.63, 3.8) is 0 Å². The van der Waals surface area contributed by atoms with E-state index in [2.05, 4.69) is 36.0 Å². The molecule has 1 aliphatic heterocycles. The van der Waals surface area contributed by atoms with Crippen LogP contribution >= 0.6 is 11.3 Å². The fourth-order valence-electron chi connectivity index (χ4n) is 1.80. The first kappa shape index (κ1) is 9.19. The average Bonchev–Trinajstić information content (AvgIpc) is 2.55. The molecular weight excluding hydrogens is 182 g/mol. The summed E-state index contributed by atoms with van der Waals surface area (Å²) in [6, 6.07) is 2.51. The quantitative estimate of drug-likeness (QED) is 0.745. The topological polar surface area (TPSA) is 21.3 Å². The first-order valence-corrected chi connectivity index (χ1v) is 5.54. The Morgan fingerprint density at radius 1 is 1.62 bits per heavy atom. The van der Waals surface area contributed by atoms with Crippen molar-refractivity contribution >= 4 is 11.3 Å². The number of hydrogen-bond acceptors (Lipinski definition) is 3. The number of morpholine rings is 1. The Labute approximate surface area is 82.9 Å². The predicted octanol–water partition coefficient (Wildman–Crippen LogP) is 2.19. The van der Waals surface area contributed by atoms with Gasteiger partial charge in [0.15, 0.2) is 0 Å². The van der Waals surface area contributed by atoms with Crippen LogP contribution in [0.2, 0.25) is 0 Å². The van der Waals surface area contributed by atoms with Gasteiger partial charge in [0, 0.05) is 6.54 Å². The van der Waals surface area contributed by atoms with Crippen molar-refractivity contribution in [1.29, 1.82) is 0 Å². The van der Waals surface area contributed by atoms with Gasteiger partial charge < -0.3 is 10.1 Å². The molecule has 0 aliphatic carbocycles. The van der Waals surface area contributed by atoms with E-state index in [0.29, 0.717) is 6.04 Å². The van der Waals surface area contributed by atoms with E-state index >= 15 is 0 Å². The maximum atomic E-state index is 5.74. The second kappa shape index (κ2) is 3.40. The van der Waals surface area contributed by atoms with E-state index in [9.17, 15) is 0 Å². The largest absolute Gasteiger partial charge is 0.372 e. The summed E-state index contributed by atoms with van der Waals surface area (Å²) >= 11 is 1.74. The molecule has 2 rings (SSSR count). The van der Waals surface area contributed by atoms with Crippen molar-refractivity contribution < 1.29 is 4.74 Å². The number of rotatable bonds is 1. The number of nitrogens with one attached hydrogen (secondary N) is 1. The molecule has 72 valence electrons.